The molecule has 10 heavy (non-hydrogen) atoms. The Bertz CT molecular complexity index is 97.7. The number of halogens is 2. The molecular weight excluding hydrogens is 219 g/mol. The molecule has 0 aromatic heterocycles. The molecule has 0 aliphatic rings. The van der Waals surface area contributed by atoms with Crippen LogP contribution in [0, 0.1) is 0 Å². The first-order valence-corrected chi connectivity index (χ1v) is 4.61. The Labute approximate surface area is 74.2 Å². The molecule has 0 heterocycles. The summed E-state index contributed by atoms with van der Waals surface area (Å²) >= 11 is 8.10. The van der Waals surface area contributed by atoms with Crippen molar-refractivity contribution in [2.24, 2.45) is 0 Å². The zero-order valence-corrected chi connectivity index (χ0v) is 7.95. The fourth-order valence-electron chi connectivity index (χ4n) is 0.579. The van der Waals surface area contributed by atoms with Gasteiger partial charge < -0.3 is 4.29 Å². The number of alkyl halides is 1. The third kappa shape index (κ3) is 6.36. The third-order valence-electron chi connectivity index (χ3n) is 1.10. The Balaban J connectivity index is 2.96. The van der Waals surface area contributed by atoms with E-state index >= 15 is 0 Å². The minimum absolute atomic E-state index is 0.337. The van der Waals surface area contributed by atoms with Crippen LogP contribution < -0.4 is 0 Å². The Kier molecular flexibility index (Phi) is 7.52. The summed E-state index contributed by atoms with van der Waals surface area (Å²) in [5.74, 6) is -0.337. The van der Waals surface area contributed by atoms with Gasteiger partial charge in [0.05, 0.1) is 0 Å². The van der Waals surface area contributed by atoms with E-state index in [1.54, 1.807) is 0 Å². The maximum absolute atomic E-state index is 10.4. The molecule has 4 heteroatoms. The van der Waals surface area contributed by atoms with Crippen LogP contribution in [0.3, 0.4) is 0 Å². The van der Waals surface area contributed by atoms with Crippen LogP contribution in [0.15, 0.2) is 0 Å². The largest absolute Gasteiger partial charge is 0.348 e. The summed E-state index contributed by atoms with van der Waals surface area (Å²) in [6.45, 7) is 0. The summed E-state index contributed by atoms with van der Waals surface area (Å²) in [5, 5.41) is 0.989. The normalized spacial score (nSPS) is 9.40. The minimum atomic E-state index is -0.337. The SMILES string of the molecule is O=C(CCCCCBr)OCl. The Morgan fingerprint density at radius 3 is 2.60 bits per heavy atom. The number of carbonyl (C=O) groups is 1. The first-order valence-electron chi connectivity index (χ1n) is 3.18. The van der Waals surface area contributed by atoms with E-state index < -0.39 is 0 Å². The van der Waals surface area contributed by atoms with Crippen molar-refractivity contribution in [3.8, 4) is 0 Å². The van der Waals surface area contributed by atoms with E-state index in [2.05, 4.69) is 20.2 Å². The van der Waals surface area contributed by atoms with Gasteiger partial charge >= 0.3 is 5.97 Å². The van der Waals surface area contributed by atoms with Gasteiger partial charge in [0.2, 0.25) is 0 Å². The Morgan fingerprint density at radius 1 is 1.40 bits per heavy atom. The lowest BCUT2D eigenvalue weighted by atomic mass is 10.2. The number of carbonyl (C=O) groups excluding carboxylic acids is 1. The van der Waals surface area contributed by atoms with Gasteiger partial charge in [-0.1, -0.05) is 22.4 Å². The molecule has 0 atom stereocenters. The summed E-state index contributed by atoms with van der Waals surface area (Å²) in [4.78, 5) is 10.4. The smallest absolute Gasteiger partial charge is 0.324 e. The highest BCUT2D eigenvalue weighted by Gasteiger charge is 1.99. The zero-order chi connectivity index (χ0) is 7.82. The van der Waals surface area contributed by atoms with Gasteiger partial charge in [-0.15, -0.1) is 0 Å². The fourth-order valence-corrected chi connectivity index (χ4v) is 1.05. The molecule has 0 rings (SSSR count). The molecule has 0 aliphatic heterocycles. The van der Waals surface area contributed by atoms with Crippen LogP contribution >= 0.6 is 27.8 Å². The van der Waals surface area contributed by atoms with Crippen LogP contribution in [-0.4, -0.2) is 11.3 Å². The van der Waals surface area contributed by atoms with Crippen molar-refractivity contribution in [1.82, 2.24) is 0 Å². The summed E-state index contributed by atoms with van der Waals surface area (Å²) < 4.78 is 3.95. The van der Waals surface area contributed by atoms with Gasteiger partial charge in [0.25, 0.3) is 0 Å². The third-order valence-corrected chi connectivity index (χ3v) is 1.83. The molecule has 0 saturated heterocycles. The van der Waals surface area contributed by atoms with Gasteiger partial charge in [0, 0.05) is 11.8 Å². The molecule has 60 valence electrons. The molecular formula is C6H10BrClO2. The molecule has 0 saturated carbocycles. The fraction of sp³-hybridized carbons (Fsp3) is 0.833. The molecule has 0 spiro atoms. The monoisotopic (exact) mass is 228 g/mol. The van der Waals surface area contributed by atoms with E-state index in [0.717, 1.165) is 24.6 Å². The number of rotatable bonds is 5. The second-order valence-corrected chi connectivity index (χ2v) is 2.90. The lowest BCUT2D eigenvalue weighted by Gasteiger charge is -1.94. The molecule has 0 unspecified atom stereocenters. The van der Waals surface area contributed by atoms with Crippen molar-refractivity contribution < 1.29 is 9.08 Å². The predicted octanol–water partition coefficient (Wildman–Crippen LogP) is 2.64. The number of hydrogen-bond donors (Lipinski definition) is 0. The Morgan fingerprint density at radius 2 is 2.10 bits per heavy atom. The highest BCUT2D eigenvalue weighted by Crippen LogP contribution is 2.03. The first kappa shape index (κ1) is 10.2. The maximum atomic E-state index is 10.4. The van der Waals surface area contributed by atoms with Gasteiger partial charge in [0.15, 0.2) is 0 Å². The number of unbranched alkanes of at least 4 members (excludes halogenated alkanes) is 2. The van der Waals surface area contributed by atoms with Gasteiger partial charge in [-0.3, -0.25) is 4.79 Å². The average Bonchev–Trinajstić information content (AvgIpc) is 1.98. The summed E-state index contributed by atoms with van der Waals surface area (Å²) in [6, 6.07) is 0. The van der Waals surface area contributed by atoms with Gasteiger partial charge in [-0.05, 0) is 12.8 Å². The van der Waals surface area contributed by atoms with E-state index in [0.29, 0.717) is 6.42 Å². The molecule has 0 bridgehead atoms. The molecule has 2 nitrogen and oxygen atoms in total. The van der Waals surface area contributed by atoms with E-state index in [9.17, 15) is 4.79 Å². The molecule has 0 aromatic carbocycles. The van der Waals surface area contributed by atoms with Crippen LogP contribution in [0.1, 0.15) is 25.7 Å². The summed E-state index contributed by atoms with van der Waals surface area (Å²) in [6.07, 6.45) is 3.42. The average molecular weight is 230 g/mol. The van der Waals surface area contributed by atoms with E-state index in [-0.39, 0.29) is 5.97 Å². The molecule has 0 radical (unpaired) electrons. The van der Waals surface area contributed by atoms with Gasteiger partial charge in [-0.25, -0.2) is 0 Å². The second-order valence-electron chi connectivity index (χ2n) is 1.95. The van der Waals surface area contributed by atoms with Crippen LogP contribution in [0.4, 0.5) is 0 Å². The van der Waals surface area contributed by atoms with Crippen molar-refractivity contribution in [3.63, 3.8) is 0 Å². The van der Waals surface area contributed by atoms with Crippen molar-refractivity contribution >= 4 is 33.8 Å². The van der Waals surface area contributed by atoms with E-state index in [1.165, 1.54) is 0 Å². The first-order chi connectivity index (χ1) is 4.81. The maximum Gasteiger partial charge on any atom is 0.324 e. The summed E-state index contributed by atoms with van der Waals surface area (Å²) in [5.41, 5.74) is 0. The molecule has 0 amide bonds. The van der Waals surface area contributed by atoms with Crippen LogP contribution in [-0.2, 0) is 9.08 Å². The van der Waals surface area contributed by atoms with Crippen LogP contribution in [0.25, 0.3) is 0 Å². The predicted molar refractivity (Wildman–Crippen MR) is 44.2 cm³/mol. The minimum Gasteiger partial charge on any atom is -0.348 e. The van der Waals surface area contributed by atoms with Crippen LogP contribution in [0.2, 0.25) is 0 Å². The van der Waals surface area contributed by atoms with Crippen molar-refractivity contribution in [3.05, 3.63) is 0 Å². The van der Waals surface area contributed by atoms with Crippen molar-refractivity contribution in [2.45, 2.75) is 25.7 Å². The molecule has 0 fully saturated rings. The molecule has 0 N–H and O–H groups in total. The second kappa shape index (κ2) is 7.35. The number of hydrogen-bond acceptors (Lipinski definition) is 2. The van der Waals surface area contributed by atoms with Crippen LogP contribution in [0.5, 0.6) is 0 Å². The quantitative estimate of drug-likeness (QED) is 0.535. The van der Waals surface area contributed by atoms with E-state index in [1.807, 2.05) is 0 Å². The lowest BCUT2D eigenvalue weighted by molar-refractivity contribution is -0.134. The summed E-state index contributed by atoms with van der Waals surface area (Å²) in [7, 11) is 0. The highest BCUT2D eigenvalue weighted by atomic mass is 79.9. The highest BCUT2D eigenvalue weighted by molar-refractivity contribution is 9.09. The van der Waals surface area contributed by atoms with Crippen molar-refractivity contribution in [1.29, 1.82) is 0 Å². The topological polar surface area (TPSA) is 26.3 Å². The lowest BCUT2D eigenvalue weighted by Crippen LogP contribution is -1.95. The zero-order valence-electron chi connectivity index (χ0n) is 5.61. The van der Waals surface area contributed by atoms with Crippen molar-refractivity contribution in [2.75, 3.05) is 5.33 Å². The van der Waals surface area contributed by atoms with Gasteiger partial charge in [0.1, 0.15) is 11.9 Å². The van der Waals surface area contributed by atoms with E-state index in [4.69, 9.17) is 11.9 Å². The molecule has 0 aliphatic carbocycles. The molecule has 0 aromatic rings. The standard InChI is InChI=1S/C6H10BrClO2/c7-5-3-1-2-4-6(9)10-8/h1-5H2. The van der Waals surface area contributed by atoms with Gasteiger partial charge in [-0.2, -0.15) is 0 Å². The Hall–Kier alpha value is 0.240.